The average Bonchev–Trinajstić information content (AvgIpc) is 2.91. The monoisotopic (exact) mass is 272 g/mol. The highest BCUT2D eigenvalue weighted by atomic mass is 16.5. The molecule has 0 amide bonds. The summed E-state index contributed by atoms with van der Waals surface area (Å²) in [6.07, 6.45) is 3.31. The van der Waals surface area contributed by atoms with Gasteiger partial charge in [-0.15, -0.1) is 0 Å². The summed E-state index contributed by atoms with van der Waals surface area (Å²) in [7, 11) is 5.69. The van der Waals surface area contributed by atoms with Gasteiger partial charge in [-0.3, -0.25) is 0 Å². The predicted molar refractivity (Wildman–Crippen MR) is 78.6 cm³/mol. The van der Waals surface area contributed by atoms with Crippen LogP contribution in [0.2, 0.25) is 0 Å². The molecular weight excluding hydrogens is 252 g/mol. The zero-order valence-corrected chi connectivity index (χ0v) is 12.2. The van der Waals surface area contributed by atoms with Crippen LogP contribution in [0.25, 0.3) is 0 Å². The first kappa shape index (κ1) is 13.0. The van der Waals surface area contributed by atoms with E-state index >= 15 is 0 Å². The van der Waals surface area contributed by atoms with E-state index in [1.807, 2.05) is 31.1 Å². The molecule has 2 aromatic rings. The van der Waals surface area contributed by atoms with Crippen molar-refractivity contribution in [3.8, 4) is 5.75 Å². The first-order chi connectivity index (χ1) is 9.70. The molecule has 0 radical (unpaired) electrons. The van der Waals surface area contributed by atoms with Crippen LogP contribution in [-0.4, -0.2) is 26.4 Å². The van der Waals surface area contributed by atoms with E-state index in [0.717, 1.165) is 36.6 Å². The van der Waals surface area contributed by atoms with Crippen molar-refractivity contribution in [2.24, 2.45) is 0 Å². The van der Waals surface area contributed by atoms with Crippen molar-refractivity contribution in [3.63, 3.8) is 0 Å². The van der Waals surface area contributed by atoms with Crippen LogP contribution in [0.5, 0.6) is 5.75 Å². The van der Waals surface area contributed by atoms with Gasteiger partial charge in [-0.25, -0.2) is 0 Å². The van der Waals surface area contributed by atoms with Gasteiger partial charge in [-0.05, 0) is 37.0 Å². The molecule has 3 rings (SSSR count). The number of ether oxygens (including phenoxy) is 1. The summed E-state index contributed by atoms with van der Waals surface area (Å²) in [4.78, 5) is 2.01. The zero-order chi connectivity index (χ0) is 14.1. The third-order valence-electron chi connectivity index (χ3n) is 3.96. The van der Waals surface area contributed by atoms with Gasteiger partial charge in [0.25, 0.3) is 0 Å². The summed E-state index contributed by atoms with van der Waals surface area (Å²) in [5.74, 6) is 2.15. The molecule has 1 aliphatic rings. The fourth-order valence-electron chi connectivity index (χ4n) is 2.96. The summed E-state index contributed by atoms with van der Waals surface area (Å²) in [6.45, 7) is 0. The van der Waals surface area contributed by atoms with Crippen LogP contribution in [0.4, 0.5) is 5.88 Å². The fraction of sp³-hybridized carbons (Fsp3) is 0.438. The predicted octanol–water partition coefficient (Wildman–Crippen LogP) is 3.22. The van der Waals surface area contributed by atoms with Gasteiger partial charge in [0.15, 0.2) is 0 Å². The number of fused-ring (bicyclic) bond motifs is 1. The molecule has 0 aliphatic heterocycles. The molecule has 1 aliphatic carbocycles. The molecule has 20 heavy (non-hydrogen) atoms. The average molecular weight is 272 g/mol. The second-order valence-corrected chi connectivity index (χ2v) is 5.46. The van der Waals surface area contributed by atoms with Crippen molar-refractivity contribution in [2.45, 2.75) is 25.2 Å². The minimum atomic E-state index is 0.369. The summed E-state index contributed by atoms with van der Waals surface area (Å²) in [6, 6.07) is 8.33. The minimum Gasteiger partial charge on any atom is -0.497 e. The van der Waals surface area contributed by atoms with Gasteiger partial charge in [-0.2, -0.15) is 0 Å². The summed E-state index contributed by atoms with van der Waals surface area (Å²) >= 11 is 0. The third-order valence-corrected chi connectivity index (χ3v) is 3.96. The maximum atomic E-state index is 5.53. The Morgan fingerprint density at radius 3 is 2.65 bits per heavy atom. The van der Waals surface area contributed by atoms with Crippen molar-refractivity contribution in [2.75, 3.05) is 26.1 Å². The number of hydrogen-bond acceptors (Lipinski definition) is 4. The van der Waals surface area contributed by atoms with Crippen LogP contribution in [0.1, 0.15) is 35.6 Å². The number of aryl methyl sites for hydroxylation is 1. The van der Waals surface area contributed by atoms with E-state index in [2.05, 4.69) is 17.3 Å². The molecule has 0 N–H and O–H groups in total. The lowest BCUT2D eigenvalue weighted by Gasteiger charge is -2.24. The molecule has 1 aromatic heterocycles. The lowest BCUT2D eigenvalue weighted by atomic mass is 9.81. The molecule has 1 unspecified atom stereocenters. The molecule has 4 heteroatoms. The minimum absolute atomic E-state index is 0.369. The van der Waals surface area contributed by atoms with Gasteiger partial charge >= 0.3 is 0 Å². The Hall–Kier alpha value is -1.97. The van der Waals surface area contributed by atoms with E-state index < -0.39 is 0 Å². The van der Waals surface area contributed by atoms with E-state index in [1.165, 1.54) is 11.1 Å². The quantitative estimate of drug-likeness (QED) is 0.860. The maximum absolute atomic E-state index is 5.53. The number of anilines is 1. The van der Waals surface area contributed by atoms with Gasteiger partial charge in [0.1, 0.15) is 5.75 Å². The van der Waals surface area contributed by atoms with Crippen LogP contribution in [0.15, 0.2) is 28.8 Å². The molecule has 0 bridgehead atoms. The largest absolute Gasteiger partial charge is 0.497 e. The van der Waals surface area contributed by atoms with E-state index in [1.54, 1.807) is 7.11 Å². The van der Waals surface area contributed by atoms with Crippen LogP contribution in [0, 0.1) is 0 Å². The Morgan fingerprint density at radius 1 is 1.25 bits per heavy atom. The molecule has 0 saturated carbocycles. The lowest BCUT2D eigenvalue weighted by molar-refractivity contribution is 0.414. The lowest BCUT2D eigenvalue weighted by Crippen LogP contribution is -2.15. The molecular formula is C16H20N2O2. The van der Waals surface area contributed by atoms with Crippen molar-refractivity contribution in [1.82, 2.24) is 5.16 Å². The van der Waals surface area contributed by atoms with E-state index in [9.17, 15) is 0 Å². The molecule has 106 valence electrons. The van der Waals surface area contributed by atoms with Crippen molar-refractivity contribution in [3.05, 3.63) is 41.1 Å². The molecule has 0 spiro atoms. The number of benzene rings is 1. The number of hydrogen-bond donors (Lipinski definition) is 0. The van der Waals surface area contributed by atoms with Gasteiger partial charge in [0.05, 0.1) is 12.8 Å². The van der Waals surface area contributed by atoms with Gasteiger partial charge in [-0.1, -0.05) is 17.3 Å². The highest BCUT2D eigenvalue weighted by Gasteiger charge is 2.30. The highest BCUT2D eigenvalue weighted by Crippen LogP contribution is 2.41. The Labute approximate surface area is 119 Å². The summed E-state index contributed by atoms with van der Waals surface area (Å²) in [5.41, 5.74) is 3.67. The van der Waals surface area contributed by atoms with Gasteiger partial charge in [0.2, 0.25) is 5.88 Å². The van der Waals surface area contributed by atoms with Crippen LogP contribution in [0.3, 0.4) is 0 Å². The highest BCUT2D eigenvalue weighted by molar-refractivity contribution is 5.52. The number of rotatable bonds is 3. The van der Waals surface area contributed by atoms with Gasteiger partial charge < -0.3 is 14.2 Å². The molecule has 1 heterocycles. The molecule has 4 nitrogen and oxygen atoms in total. The topological polar surface area (TPSA) is 38.5 Å². The number of methoxy groups -OCH3 is 1. The molecule has 0 saturated heterocycles. The Kier molecular flexibility index (Phi) is 3.38. The maximum Gasteiger partial charge on any atom is 0.230 e. The van der Waals surface area contributed by atoms with Crippen molar-refractivity contribution < 1.29 is 9.26 Å². The normalized spacial score (nSPS) is 17.6. The smallest absolute Gasteiger partial charge is 0.230 e. The van der Waals surface area contributed by atoms with E-state index in [0.29, 0.717) is 5.92 Å². The van der Waals surface area contributed by atoms with Crippen LogP contribution < -0.4 is 9.64 Å². The molecule has 1 atom stereocenters. The van der Waals surface area contributed by atoms with Crippen molar-refractivity contribution in [1.29, 1.82) is 0 Å². The second-order valence-electron chi connectivity index (χ2n) is 5.46. The first-order valence-electron chi connectivity index (χ1n) is 7.00. The molecule has 1 aromatic carbocycles. The third kappa shape index (κ3) is 2.15. The van der Waals surface area contributed by atoms with Crippen LogP contribution >= 0.6 is 0 Å². The number of aromatic nitrogens is 1. The second kappa shape index (κ2) is 5.19. The Bertz CT molecular complexity index is 587. The standard InChI is InChI=1S/C16H20N2O2/c1-18(2)16-15-13(5-4-6-14(15)17-20-16)11-7-9-12(19-3)10-8-11/h7-10,13H,4-6H2,1-3H3. The van der Waals surface area contributed by atoms with Gasteiger partial charge in [0, 0.05) is 25.6 Å². The van der Waals surface area contributed by atoms with E-state index in [4.69, 9.17) is 9.26 Å². The van der Waals surface area contributed by atoms with Crippen molar-refractivity contribution >= 4 is 5.88 Å². The Morgan fingerprint density at radius 2 is 2.00 bits per heavy atom. The zero-order valence-electron chi connectivity index (χ0n) is 12.2. The fourth-order valence-corrected chi connectivity index (χ4v) is 2.96. The Balaban J connectivity index is 2.01. The van der Waals surface area contributed by atoms with E-state index in [-0.39, 0.29) is 0 Å². The van der Waals surface area contributed by atoms with Crippen LogP contribution in [-0.2, 0) is 6.42 Å². The SMILES string of the molecule is COc1ccc(C2CCCc3noc(N(C)C)c32)cc1. The summed E-state index contributed by atoms with van der Waals surface area (Å²) < 4.78 is 10.8. The number of nitrogens with zero attached hydrogens (tertiary/aromatic N) is 2. The molecule has 0 fully saturated rings. The first-order valence-corrected chi connectivity index (χ1v) is 7.00. The summed E-state index contributed by atoms with van der Waals surface area (Å²) in [5, 5.41) is 4.25.